The molecule has 0 aromatic rings. The summed E-state index contributed by atoms with van der Waals surface area (Å²) in [5.74, 6) is -2.08. The standard InChI is InChI=1S/C12H20N2O5/c1-3-19-10(15)7-14(9-4-5-9)12(18)13-6-8(2)11(16)17/h8-9H,3-7H2,1-2H3,(H,13,18)(H,16,17). The number of carbonyl (C=O) groups excluding carboxylic acids is 2. The molecule has 2 amide bonds. The highest BCUT2D eigenvalue weighted by Gasteiger charge is 2.34. The molecule has 0 spiro atoms. The summed E-state index contributed by atoms with van der Waals surface area (Å²) in [7, 11) is 0. The lowest BCUT2D eigenvalue weighted by molar-refractivity contribution is -0.144. The molecule has 0 heterocycles. The van der Waals surface area contributed by atoms with Crippen LogP contribution in [0, 0.1) is 5.92 Å². The third-order valence-electron chi connectivity index (χ3n) is 2.83. The Labute approximate surface area is 111 Å². The molecule has 1 atom stereocenters. The summed E-state index contributed by atoms with van der Waals surface area (Å²) in [6.07, 6.45) is 1.72. The number of carboxylic acids is 1. The molecule has 0 saturated heterocycles. The van der Waals surface area contributed by atoms with Crippen LogP contribution in [0.1, 0.15) is 26.7 Å². The van der Waals surface area contributed by atoms with Crippen LogP contribution in [-0.2, 0) is 14.3 Å². The van der Waals surface area contributed by atoms with E-state index >= 15 is 0 Å². The van der Waals surface area contributed by atoms with E-state index in [-0.39, 0.29) is 25.7 Å². The number of hydrogen-bond donors (Lipinski definition) is 2. The maximum atomic E-state index is 11.9. The number of nitrogens with zero attached hydrogens (tertiary/aromatic N) is 1. The summed E-state index contributed by atoms with van der Waals surface area (Å²) >= 11 is 0. The van der Waals surface area contributed by atoms with E-state index in [1.807, 2.05) is 0 Å². The van der Waals surface area contributed by atoms with E-state index < -0.39 is 23.9 Å². The van der Waals surface area contributed by atoms with Gasteiger partial charge in [-0.1, -0.05) is 6.92 Å². The Morgan fingerprint density at radius 2 is 2.05 bits per heavy atom. The molecular weight excluding hydrogens is 252 g/mol. The van der Waals surface area contributed by atoms with Gasteiger partial charge in [0.25, 0.3) is 0 Å². The van der Waals surface area contributed by atoms with Crippen LogP contribution >= 0.6 is 0 Å². The molecule has 1 fully saturated rings. The lowest BCUT2D eigenvalue weighted by Crippen LogP contribution is -2.46. The highest BCUT2D eigenvalue weighted by molar-refractivity contribution is 5.82. The first-order chi connectivity index (χ1) is 8.95. The monoisotopic (exact) mass is 272 g/mol. The molecule has 0 radical (unpaired) electrons. The minimum Gasteiger partial charge on any atom is -0.481 e. The van der Waals surface area contributed by atoms with E-state index in [1.54, 1.807) is 6.92 Å². The Kier molecular flexibility index (Phi) is 5.59. The molecule has 1 aliphatic rings. The molecule has 0 bridgehead atoms. The molecule has 0 aromatic carbocycles. The Morgan fingerprint density at radius 1 is 1.42 bits per heavy atom. The van der Waals surface area contributed by atoms with Crippen molar-refractivity contribution >= 4 is 18.0 Å². The van der Waals surface area contributed by atoms with Crippen molar-refractivity contribution in [1.82, 2.24) is 10.2 Å². The van der Waals surface area contributed by atoms with Gasteiger partial charge in [-0.2, -0.15) is 0 Å². The van der Waals surface area contributed by atoms with Crippen LogP contribution in [0.25, 0.3) is 0 Å². The number of carbonyl (C=O) groups is 3. The van der Waals surface area contributed by atoms with Gasteiger partial charge in [0.05, 0.1) is 12.5 Å². The predicted molar refractivity (Wildman–Crippen MR) is 66.6 cm³/mol. The van der Waals surface area contributed by atoms with Crippen LogP contribution in [0.4, 0.5) is 4.79 Å². The number of carboxylic acid groups (broad SMARTS) is 1. The van der Waals surface area contributed by atoms with Crippen molar-refractivity contribution < 1.29 is 24.2 Å². The minimum absolute atomic E-state index is 0.0419. The molecule has 1 aliphatic carbocycles. The fourth-order valence-electron chi connectivity index (χ4n) is 1.53. The number of rotatable bonds is 7. The Morgan fingerprint density at radius 3 is 2.53 bits per heavy atom. The summed E-state index contributed by atoms with van der Waals surface area (Å²) in [6, 6.07) is -0.354. The zero-order chi connectivity index (χ0) is 14.4. The number of urea groups is 1. The predicted octanol–water partition coefficient (Wildman–Crippen LogP) is 0.444. The molecule has 19 heavy (non-hydrogen) atoms. The van der Waals surface area contributed by atoms with E-state index in [0.29, 0.717) is 0 Å². The summed E-state index contributed by atoms with van der Waals surface area (Å²) in [4.78, 5) is 35.4. The fraction of sp³-hybridized carbons (Fsp3) is 0.750. The number of aliphatic carboxylic acids is 1. The van der Waals surface area contributed by atoms with E-state index in [0.717, 1.165) is 12.8 Å². The van der Waals surface area contributed by atoms with E-state index in [4.69, 9.17) is 9.84 Å². The molecule has 108 valence electrons. The second-order valence-corrected chi connectivity index (χ2v) is 4.59. The molecule has 7 nitrogen and oxygen atoms in total. The second kappa shape index (κ2) is 6.96. The Hall–Kier alpha value is -1.79. The van der Waals surface area contributed by atoms with Crippen LogP contribution in [-0.4, -0.2) is 53.7 Å². The van der Waals surface area contributed by atoms with Crippen LogP contribution < -0.4 is 5.32 Å². The van der Waals surface area contributed by atoms with Gasteiger partial charge in [-0.15, -0.1) is 0 Å². The van der Waals surface area contributed by atoms with Gasteiger partial charge in [0.2, 0.25) is 0 Å². The van der Waals surface area contributed by atoms with Crippen molar-refractivity contribution in [2.75, 3.05) is 19.7 Å². The van der Waals surface area contributed by atoms with Crippen molar-refractivity contribution in [2.45, 2.75) is 32.7 Å². The first-order valence-electron chi connectivity index (χ1n) is 6.38. The quantitative estimate of drug-likeness (QED) is 0.656. The lowest BCUT2D eigenvalue weighted by Gasteiger charge is -2.22. The van der Waals surface area contributed by atoms with Gasteiger partial charge in [-0.05, 0) is 19.8 Å². The van der Waals surface area contributed by atoms with Crippen molar-refractivity contribution in [2.24, 2.45) is 5.92 Å². The summed E-state index contributed by atoms with van der Waals surface area (Å²) in [5, 5.41) is 11.3. The van der Waals surface area contributed by atoms with Gasteiger partial charge >= 0.3 is 18.0 Å². The lowest BCUT2D eigenvalue weighted by atomic mass is 10.2. The topological polar surface area (TPSA) is 95.9 Å². The molecule has 2 N–H and O–H groups in total. The molecular formula is C12H20N2O5. The molecule has 0 aromatic heterocycles. The van der Waals surface area contributed by atoms with Gasteiger partial charge in [0.15, 0.2) is 0 Å². The molecule has 7 heteroatoms. The first-order valence-corrected chi connectivity index (χ1v) is 6.38. The minimum atomic E-state index is -0.969. The Balaban J connectivity index is 2.44. The number of esters is 1. The first kappa shape index (κ1) is 15.3. The summed E-state index contributed by atoms with van der Waals surface area (Å²) in [5.41, 5.74) is 0. The molecule has 0 aliphatic heterocycles. The van der Waals surface area contributed by atoms with Crippen molar-refractivity contribution in [1.29, 1.82) is 0 Å². The van der Waals surface area contributed by atoms with Crippen LogP contribution in [0.2, 0.25) is 0 Å². The van der Waals surface area contributed by atoms with Crippen LogP contribution in [0.15, 0.2) is 0 Å². The smallest absolute Gasteiger partial charge is 0.325 e. The van der Waals surface area contributed by atoms with Crippen molar-refractivity contribution in [3.63, 3.8) is 0 Å². The average Bonchev–Trinajstić information content (AvgIpc) is 3.16. The van der Waals surface area contributed by atoms with Gasteiger partial charge in [0.1, 0.15) is 6.54 Å². The third-order valence-corrected chi connectivity index (χ3v) is 2.83. The molecule has 1 unspecified atom stereocenters. The van der Waals surface area contributed by atoms with Gasteiger partial charge in [-0.3, -0.25) is 9.59 Å². The zero-order valence-corrected chi connectivity index (χ0v) is 11.2. The number of amides is 2. The summed E-state index contributed by atoms with van der Waals surface area (Å²) < 4.78 is 4.81. The largest absolute Gasteiger partial charge is 0.481 e. The number of ether oxygens (including phenoxy) is 1. The van der Waals surface area contributed by atoms with Crippen LogP contribution in [0.3, 0.4) is 0 Å². The van der Waals surface area contributed by atoms with Gasteiger partial charge in [-0.25, -0.2) is 4.79 Å². The molecule has 1 rings (SSSR count). The average molecular weight is 272 g/mol. The Bertz CT molecular complexity index is 354. The maximum Gasteiger partial charge on any atom is 0.325 e. The molecule has 1 saturated carbocycles. The van der Waals surface area contributed by atoms with E-state index in [9.17, 15) is 14.4 Å². The normalized spacial score (nSPS) is 15.5. The zero-order valence-electron chi connectivity index (χ0n) is 11.2. The van der Waals surface area contributed by atoms with Crippen molar-refractivity contribution in [3.8, 4) is 0 Å². The highest BCUT2D eigenvalue weighted by Crippen LogP contribution is 2.26. The van der Waals surface area contributed by atoms with Crippen molar-refractivity contribution in [3.05, 3.63) is 0 Å². The SMILES string of the molecule is CCOC(=O)CN(C(=O)NCC(C)C(=O)O)C1CC1. The van der Waals surface area contributed by atoms with Gasteiger partial charge < -0.3 is 20.1 Å². The van der Waals surface area contributed by atoms with Crippen LogP contribution in [0.5, 0.6) is 0 Å². The number of nitrogens with one attached hydrogen (secondary N) is 1. The fourth-order valence-corrected chi connectivity index (χ4v) is 1.53. The second-order valence-electron chi connectivity index (χ2n) is 4.59. The maximum absolute atomic E-state index is 11.9. The van der Waals surface area contributed by atoms with E-state index in [2.05, 4.69) is 5.32 Å². The van der Waals surface area contributed by atoms with E-state index in [1.165, 1.54) is 11.8 Å². The highest BCUT2D eigenvalue weighted by atomic mass is 16.5. The number of hydrogen-bond acceptors (Lipinski definition) is 4. The summed E-state index contributed by atoms with van der Waals surface area (Å²) in [6.45, 7) is 3.43. The van der Waals surface area contributed by atoms with Gasteiger partial charge in [0, 0.05) is 12.6 Å². The third kappa shape index (κ3) is 5.15.